The molecule has 0 aliphatic rings. The van der Waals surface area contributed by atoms with Gasteiger partial charge in [-0.3, -0.25) is 14.3 Å². The predicted molar refractivity (Wildman–Crippen MR) is 124 cm³/mol. The van der Waals surface area contributed by atoms with Gasteiger partial charge in [0.2, 0.25) is 5.91 Å². The number of benzene rings is 2. The average molecular weight is 484 g/mol. The highest BCUT2D eigenvalue weighted by Gasteiger charge is 2.30. The number of aromatic nitrogens is 4. The van der Waals surface area contributed by atoms with Gasteiger partial charge in [0.15, 0.2) is 11.0 Å². The molecule has 0 aliphatic heterocycles. The molecule has 10 heteroatoms. The summed E-state index contributed by atoms with van der Waals surface area (Å²) in [5.74, 6) is 0.184. The summed E-state index contributed by atoms with van der Waals surface area (Å²) in [5, 5.41) is 11.0. The summed E-state index contributed by atoms with van der Waals surface area (Å²) >= 11 is 1.18. The fourth-order valence-corrected chi connectivity index (χ4v) is 4.08. The number of amides is 1. The molecule has 0 radical (unpaired) electrons. The van der Waals surface area contributed by atoms with Crippen molar-refractivity contribution >= 4 is 23.4 Å². The summed E-state index contributed by atoms with van der Waals surface area (Å²) in [5.41, 5.74) is 1.11. The maximum atomic E-state index is 13.0. The lowest BCUT2D eigenvalue weighted by atomic mass is 10.2. The Morgan fingerprint density at radius 3 is 2.47 bits per heavy atom. The number of nitrogens with one attached hydrogen (secondary N) is 1. The third-order valence-electron chi connectivity index (χ3n) is 4.95. The molecule has 6 nitrogen and oxygen atoms in total. The Morgan fingerprint density at radius 2 is 1.76 bits per heavy atom. The van der Waals surface area contributed by atoms with Crippen molar-refractivity contribution in [2.75, 3.05) is 5.32 Å². The van der Waals surface area contributed by atoms with Crippen LogP contribution in [0, 0.1) is 0 Å². The number of anilines is 1. The monoisotopic (exact) mass is 483 g/mol. The minimum Gasteiger partial charge on any atom is -0.325 e. The molecule has 0 bridgehead atoms. The van der Waals surface area contributed by atoms with Crippen LogP contribution in [0.15, 0.2) is 84.3 Å². The Kier molecular flexibility index (Phi) is 6.97. The van der Waals surface area contributed by atoms with Crippen molar-refractivity contribution in [1.82, 2.24) is 19.7 Å². The van der Waals surface area contributed by atoms with E-state index in [0.29, 0.717) is 17.5 Å². The van der Waals surface area contributed by atoms with Crippen molar-refractivity contribution in [3.8, 4) is 11.4 Å². The molecule has 1 N–H and O–H groups in total. The van der Waals surface area contributed by atoms with E-state index in [9.17, 15) is 18.0 Å². The molecule has 2 aromatic heterocycles. The normalized spacial score (nSPS) is 12.4. The summed E-state index contributed by atoms with van der Waals surface area (Å²) in [6, 6.07) is 18.0. The predicted octanol–water partition coefficient (Wildman–Crippen LogP) is 5.53. The van der Waals surface area contributed by atoms with Gasteiger partial charge in [-0.15, -0.1) is 10.2 Å². The van der Waals surface area contributed by atoms with E-state index in [-0.39, 0.29) is 5.69 Å². The van der Waals surface area contributed by atoms with Gasteiger partial charge in [0.1, 0.15) is 0 Å². The van der Waals surface area contributed by atoms with Gasteiger partial charge in [0, 0.05) is 23.6 Å². The number of rotatable bonds is 7. The third kappa shape index (κ3) is 5.63. The van der Waals surface area contributed by atoms with Gasteiger partial charge in [0.05, 0.1) is 17.4 Å². The number of hydrogen-bond acceptors (Lipinski definition) is 5. The Hall–Kier alpha value is -3.66. The molecule has 4 rings (SSSR count). The van der Waals surface area contributed by atoms with Crippen molar-refractivity contribution in [2.45, 2.75) is 30.1 Å². The Morgan fingerprint density at radius 1 is 1.03 bits per heavy atom. The molecule has 2 heterocycles. The highest BCUT2D eigenvalue weighted by Crippen LogP contribution is 2.31. The first-order valence-corrected chi connectivity index (χ1v) is 11.2. The van der Waals surface area contributed by atoms with Crippen molar-refractivity contribution in [2.24, 2.45) is 0 Å². The van der Waals surface area contributed by atoms with Crippen LogP contribution in [0.4, 0.5) is 18.9 Å². The first-order valence-electron chi connectivity index (χ1n) is 10.3. The Labute approximate surface area is 198 Å². The maximum absolute atomic E-state index is 13.0. The van der Waals surface area contributed by atoms with E-state index in [1.807, 2.05) is 47.0 Å². The zero-order valence-corrected chi connectivity index (χ0v) is 18.8. The number of hydrogen-bond donors (Lipinski definition) is 1. The summed E-state index contributed by atoms with van der Waals surface area (Å²) in [6.07, 6.45) is -1.16. The van der Waals surface area contributed by atoms with E-state index in [4.69, 9.17) is 0 Å². The SMILES string of the molecule is C[C@H](Sc1nnc(-c2ccncc2)n1Cc1ccccc1)C(=O)Nc1cccc(C(F)(F)F)c1. The van der Waals surface area contributed by atoms with Crippen LogP contribution >= 0.6 is 11.8 Å². The molecule has 1 amide bonds. The zero-order valence-electron chi connectivity index (χ0n) is 18.0. The van der Waals surface area contributed by atoms with Crippen LogP contribution in [-0.4, -0.2) is 30.9 Å². The second-order valence-electron chi connectivity index (χ2n) is 7.44. The second kappa shape index (κ2) is 10.1. The van der Waals surface area contributed by atoms with Gasteiger partial charge < -0.3 is 5.32 Å². The molecule has 0 saturated carbocycles. The second-order valence-corrected chi connectivity index (χ2v) is 8.75. The van der Waals surface area contributed by atoms with Crippen LogP contribution in [0.3, 0.4) is 0 Å². The Balaban J connectivity index is 1.56. The van der Waals surface area contributed by atoms with Gasteiger partial charge in [-0.2, -0.15) is 13.2 Å². The van der Waals surface area contributed by atoms with Gasteiger partial charge in [0.25, 0.3) is 0 Å². The molecule has 1 atom stereocenters. The number of thioether (sulfide) groups is 1. The molecular formula is C24H20F3N5OS. The number of carbonyl (C=O) groups excluding carboxylic acids is 1. The van der Waals surface area contributed by atoms with E-state index in [2.05, 4.69) is 20.5 Å². The highest BCUT2D eigenvalue weighted by atomic mass is 32.2. The molecule has 174 valence electrons. The van der Waals surface area contributed by atoms with Gasteiger partial charge >= 0.3 is 6.18 Å². The smallest absolute Gasteiger partial charge is 0.325 e. The number of carbonyl (C=O) groups is 1. The standard InChI is InChI=1S/C24H20F3N5OS/c1-16(22(33)29-20-9-5-8-19(14-20)24(25,26)27)34-23-31-30-21(18-10-12-28-13-11-18)32(23)15-17-6-3-2-4-7-17/h2-14,16H,15H2,1H3,(H,29,33)/t16-/m0/s1. The topological polar surface area (TPSA) is 72.7 Å². The van der Waals surface area contributed by atoms with Crippen LogP contribution in [-0.2, 0) is 17.5 Å². The van der Waals surface area contributed by atoms with Crippen LogP contribution in [0.25, 0.3) is 11.4 Å². The largest absolute Gasteiger partial charge is 0.416 e. The van der Waals surface area contributed by atoms with Crippen molar-refractivity contribution in [3.05, 3.63) is 90.3 Å². The molecule has 34 heavy (non-hydrogen) atoms. The molecule has 4 aromatic rings. The van der Waals surface area contributed by atoms with Gasteiger partial charge in [-0.05, 0) is 42.8 Å². The van der Waals surface area contributed by atoms with E-state index in [1.165, 1.54) is 23.9 Å². The molecule has 0 aliphatic carbocycles. The van der Waals surface area contributed by atoms with Gasteiger partial charge in [-0.1, -0.05) is 48.2 Å². The molecule has 0 spiro atoms. The molecular weight excluding hydrogens is 463 g/mol. The number of nitrogens with zero attached hydrogens (tertiary/aromatic N) is 4. The van der Waals surface area contributed by atoms with E-state index in [0.717, 1.165) is 23.3 Å². The summed E-state index contributed by atoms with van der Waals surface area (Å²) in [4.78, 5) is 16.8. The van der Waals surface area contributed by atoms with Gasteiger partial charge in [-0.25, -0.2) is 0 Å². The quantitative estimate of drug-likeness (QED) is 0.350. The summed E-state index contributed by atoms with van der Waals surface area (Å²) < 4.78 is 40.8. The average Bonchev–Trinajstić information content (AvgIpc) is 3.21. The lowest BCUT2D eigenvalue weighted by Crippen LogP contribution is -2.23. The zero-order chi connectivity index (χ0) is 24.1. The minimum absolute atomic E-state index is 0.0792. The molecule has 0 fully saturated rings. The third-order valence-corrected chi connectivity index (χ3v) is 6.03. The van der Waals surface area contributed by atoms with Crippen LogP contribution in [0.1, 0.15) is 18.1 Å². The number of halogens is 3. The maximum Gasteiger partial charge on any atom is 0.416 e. The van der Waals surface area contributed by atoms with Crippen LogP contribution in [0.5, 0.6) is 0 Å². The fourth-order valence-electron chi connectivity index (χ4n) is 3.23. The van der Waals surface area contributed by atoms with Crippen molar-refractivity contribution in [1.29, 1.82) is 0 Å². The highest BCUT2D eigenvalue weighted by molar-refractivity contribution is 8.00. The van der Waals surface area contributed by atoms with E-state index in [1.54, 1.807) is 19.3 Å². The Bertz CT molecular complexity index is 1260. The van der Waals surface area contributed by atoms with Crippen molar-refractivity contribution in [3.63, 3.8) is 0 Å². The van der Waals surface area contributed by atoms with Crippen LogP contribution in [0.2, 0.25) is 0 Å². The number of pyridine rings is 1. The lowest BCUT2D eigenvalue weighted by molar-refractivity contribution is -0.137. The summed E-state index contributed by atoms with van der Waals surface area (Å²) in [6.45, 7) is 2.15. The number of alkyl halides is 3. The lowest BCUT2D eigenvalue weighted by Gasteiger charge is -2.15. The van der Waals surface area contributed by atoms with Crippen LogP contribution < -0.4 is 5.32 Å². The summed E-state index contributed by atoms with van der Waals surface area (Å²) in [7, 11) is 0. The van der Waals surface area contributed by atoms with E-state index < -0.39 is 22.9 Å². The fraction of sp³-hybridized carbons (Fsp3) is 0.167. The van der Waals surface area contributed by atoms with Crippen molar-refractivity contribution < 1.29 is 18.0 Å². The molecule has 0 saturated heterocycles. The molecule has 2 aromatic carbocycles. The molecule has 0 unspecified atom stereocenters. The minimum atomic E-state index is -4.49. The first kappa shape index (κ1) is 23.5. The first-order chi connectivity index (χ1) is 16.3. The van der Waals surface area contributed by atoms with E-state index >= 15 is 0 Å².